The van der Waals surface area contributed by atoms with Gasteiger partial charge in [-0.2, -0.15) is 0 Å². The van der Waals surface area contributed by atoms with E-state index in [1.807, 2.05) is 24.3 Å². The fourth-order valence-corrected chi connectivity index (χ4v) is 3.31. The van der Waals surface area contributed by atoms with Crippen molar-refractivity contribution in [3.63, 3.8) is 0 Å². The SMILES string of the molecule is COc1ccc(C2(C(=O)NNc3ncccn3)CCCCC2)cc1. The summed E-state index contributed by atoms with van der Waals surface area (Å²) >= 11 is 0. The van der Waals surface area contributed by atoms with E-state index in [0.29, 0.717) is 5.95 Å². The number of nitrogens with one attached hydrogen (secondary N) is 2. The molecule has 1 heterocycles. The van der Waals surface area contributed by atoms with Gasteiger partial charge in [-0.3, -0.25) is 15.6 Å². The molecule has 0 saturated heterocycles. The van der Waals surface area contributed by atoms with E-state index in [1.165, 1.54) is 6.42 Å². The van der Waals surface area contributed by atoms with Crippen molar-refractivity contribution in [3.8, 4) is 5.75 Å². The lowest BCUT2D eigenvalue weighted by Gasteiger charge is -2.36. The van der Waals surface area contributed by atoms with Gasteiger partial charge < -0.3 is 4.74 Å². The Morgan fingerprint density at radius 2 is 1.75 bits per heavy atom. The first kappa shape index (κ1) is 16.2. The van der Waals surface area contributed by atoms with Crippen molar-refractivity contribution in [2.75, 3.05) is 12.5 Å². The largest absolute Gasteiger partial charge is 0.497 e. The number of aromatic nitrogens is 2. The van der Waals surface area contributed by atoms with Gasteiger partial charge in [-0.25, -0.2) is 9.97 Å². The third-order valence-electron chi connectivity index (χ3n) is 4.64. The lowest BCUT2D eigenvalue weighted by atomic mass is 9.69. The highest BCUT2D eigenvalue weighted by atomic mass is 16.5. The Morgan fingerprint density at radius 1 is 1.08 bits per heavy atom. The summed E-state index contributed by atoms with van der Waals surface area (Å²) in [5, 5.41) is 0. The number of nitrogens with zero attached hydrogens (tertiary/aromatic N) is 2. The van der Waals surface area contributed by atoms with E-state index in [1.54, 1.807) is 25.6 Å². The van der Waals surface area contributed by atoms with E-state index >= 15 is 0 Å². The molecule has 0 aliphatic heterocycles. The lowest BCUT2D eigenvalue weighted by molar-refractivity contribution is -0.127. The fraction of sp³-hybridized carbons (Fsp3) is 0.389. The van der Waals surface area contributed by atoms with Crippen LogP contribution in [0.1, 0.15) is 37.7 Å². The minimum absolute atomic E-state index is 0.0418. The van der Waals surface area contributed by atoms with Crippen LogP contribution in [0.15, 0.2) is 42.7 Å². The van der Waals surface area contributed by atoms with Crippen molar-refractivity contribution in [1.82, 2.24) is 15.4 Å². The van der Waals surface area contributed by atoms with Crippen molar-refractivity contribution in [2.45, 2.75) is 37.5 Å². The minimum atomic E-state index is -0.522. The molecule has 0 bridgehead atoms. The second-order valence-electron chi connectivity index (χ2n) is 6.02. The number of anilines is 1. The van der Waals surface area contributed by atoms with Crippen LogP contribution in [0.25, 0.3) is 0 Å². The summed E-state index contributed by atoms with van der Waals surface area (Å²) in [5.74, 6) is 1.13. The minimum Gasteiger partial charge on any atom is -0.497 e. The molecular formula is C18H22N4O2. The summed E-state index contributed by atoms with van der Waals surface area (Å²) in [6, 6.07) is 9.53. The van der Waals surface area contributed by atoms with Gasteiger partial charge in [-0.15, -0.1) is 0 Å². The molecule has 0 radical (unpaired) electrons. The quantitative estimate of drug-likeness (QED) is 0.826. The topological polar surface area (TPSA) is 76.1 Å². The number of hydrogen-bond acceptors (Lipinski definition) is 5. The molecule has 3 rings (SSSR count). The summed E-state index contributed by atoms with van der Waals surface area (Å²) in [4.78, 5) is 21.1. The van der Waals surface area contributed by atoms with Crippen LogP contribution in [0.5, 0.6) is 5.75 Å². The van der Waals surface area contributed by atoms with Gasteiger partial charge in [0, 0.05) is 12.4 Å². The van der Waals surface area contributed by atoms with Crippen LogP contribution in [0.3, 0.4) is 0 Å². The van der Waals surface area contributed by atoms with Crippen molar-refractivity contribution in [1.29, 1.82) is 0 Å². The molecule has 1 aromatic heterocycles. The third-order valence-corrected chi connectivity index (χ3v) is 4.64. The van der Waals surface area contributed by atoms with E-state index in [-0.39, 0.29) is 5.91 Å². The van der Waals surface area contributed by atoms with Crippen LogP contribution in [0.2, 0.25) is 0 Å². The second kappa shape index (κ2) is 7.29. The Morgan fingerprint density at radius 3 is 2.38 bits per heavy atom. The van der Waals surface area contributed by atoms with E-state index < -0.39 is 5.41 Å². The third kappa shape index (κ3) is 3.32. The molecule has 2 N–H and O–H groups in total. The Bertz CT molecular complexity index is 667. The second-order valence-corrected chi connectivity index (χ2v) is 6.02. The van der Waals surface area contributed by atoms with E-state index in [0.717, 1.165) is 37.0 Å². The predicted molar refractivity (Wildman–Crippen MR) is 91.6 cm³/mol. The highest BCUT2D eigenvalue weighted by Gasteiger charge is 2.41. The van der Waals surface area contributed by atoms with Crippen molar-refractivity contribution in [2.24, 2.45) is 0 Å². The van der Waals surface area contributed by atoms with Crippen LogP contribution in [0.4, 0.5) is 5.95 Å². The number of amides is 1. The van der Waals surface area contributed by atoms with Crippen LogP contribution in [-0.4, -0.2) is 23.0 Å². The number of rotatable bonds is 5. The number of hydrazine groups is 1. The lowest BCUT2D eigenvalue weighted by Crippen LogP contribution is -2.48. The predicted octanol–water partition coefficient (Wildman–Crippen LogP) is 2.83. The molecule has 0 spiro atoms. The highest BCUT2D eigenvalue weighted by molar-refractivity contribution is 5.89. The average molecular weight is 326 g/mol. The van der Waals surface area contributed by atoms with Gasteiger partial charge in [-0.1, -0.05) is 31.4 Å². The number of ether oxygens (including phenoxy) is 1. The van der Waals surface area contributed by atoms with Gasteiger partial charge in [0.15, 0.2) is 0 Å². The fourth-order valence-electron chi connectivity index (χ4n) is 3.31. The van der Waals surface area contributed by atoms with Gasteiger partial charge in [0.25, 0.3) is 0 Å². The molecule has 6 heteroatoms. The molecule has 1 amide bonds. The molecule has 0 atom stereocenters. The molecule has 6 nitrogen and oxygen atoms in total. The summed E-state index contributed by atoms with van der Waals surface area (Å²) in [5.41, 5.74) is 6.11. The monoisotopic (exact) mass is 326 g/mol. The normalized spacial score (nSPS) is 16.2. The zero-order valence-electron chi connectivity index (χ0n) is 13.8. The van der Waals surface area contributed by atoms with Crippen LogP contribution in [0, 0.1) is 0 Å². The zero-order chi connectivity index (χ0) is 16.8. The van der Waals surface area contributed by atoms with Gasteiger partial charge in [0.2, 0.25) is 11.9 Å². The molecule has 1 aromatic carbocycles. The summed E-state index contributed by atoms with van der Waals surface area (Å²) in [6.07, 6.45) is 8.18. The van der Waals surface area contributed by atoms with E-state index in [4.69, 9.17) is 4.74 Å². The first-order chi connectivity index (χ1) is 11.7. The molecule has 2 aromatic rings. The Kier molecular flexibility index (Phi) is 4.93. The Labute approximate surface area is 141 Å². The zero-order valence-corrected chi connectivity index (χ0v) is 13.8. The molecule has 126 valence electrons. The number of carbonyl (C=O) groups excluding carboxylic acids is 1. The Balaban J connectivity index is 1.80. The number of benzene rings is 1. The molecule has 1 aliphatic carbocycles. The molecule has 1 fully saturated rings. The summed E-state index contributed by atoms with van der Waals surface area (Å²) in [7, 11) is 1.64. The number of carbonyl (C=O) groups is 1. The standard InChI is InChI=1S/C18H22N4O2/c1-24-15-8-6-14(7-9-15)18(10-3-2-4-11-18)16(23)21-22-17-19-12-5-13-20-17/h5-9,12-13H,2-4,10-11H2,1H3,(H,21,23)(H,19,20,22). The highest BCUT2D eigenvalue weighted by Crippen LogP contribution is 2.40. The van der Waals surface area contributed by atoms with Gasteiger partial charge in [0.05, 0.1) is 12.5 Å². The van der Waals surface area contributed by atoms with Crippen molar-refractivity contribution in [3.05, 3.63) is 48.3 Å². The molecule has 1 aliphatic rings. The van der Waals surface area contributed by atoms with E-state index in [2.05, 4.69) is 20.8 Å². The number of hydrogen-bond donors (Lipinski definition) is 2. The summed E-state index contributed by atoms with van der Waals surface area (Å²) in [6.45, 7) is 0. The van der Waals surface area contributed by atoms with Crippen LogP contribution < -0.4 is 15.6 Å². The first-order valence-corrected chi connectivity index (χ1v) is 8.23. The summed E-state index contributed by atoms with van der Waals surface area (Å²) < 4.78 is 5.23. The van der Waals surface area contributed by atoms with E-state index in [9.17, 15) is 4.79 Å². The van der Waals surface area contributed by atoms with Crippen molar-refractivity contribution >= 4 is 11.9 Å². The van der Waals surface area contributed by atoms with Gasteiger partial charge in [0.1, 0.15) is 5.75 Å². The van der Waals surface area contributed by atoms with Gasteiger partial charge in [-0.05, 0) is 36.6 Å². The van der Waals surface area contributed by atoms with Crippen LogP contribution in [-0.2, 0) is 10.2 Å². The maximum absolute atomic E-state index is 13.0. The molecule has 1 saturated carbocycles. The first-order valence-electron chi connectivity index (χ1n) is 8.23. The maximum atomic E-state index is 13.0. The van der Waals surface area contributed by atoms with Crippen LogP contribution >= 0.6 is 0 Å². The molecular weight excluding hydrogens is 304 g/mol. The van der Waals surface area contributed by atoms with Crippen molar-refractivity contribution < 1.29 is 9.53 Å². The maximum Gasteiger partial charge on any atom is 0.249 e. The molecule has 0 unspecified atom stereocenters. The molecule has 24 heavy (non-hydrogen) atoms. The smallest absolute Gasteiger partial charge is 0.249 e. The Hall–Kier alpha value is -2.63. The number of methoxy groups -OCH3 is 1. The average Bonchev–Trinajstić information content (AvgIpc) is 2.67. The van der Waals surface area contributed by atoms with Gasteiger partial charge >= 0.3 is 0 Å².